The first-order chi connectivity index (χ1) is 11.3. The number of amides is 1. The Morgan fingerprint density at radius 2 is 1.83 bits per heavy atom. The zero-order valence-electron chi connectivity index (χ0n) is 12.9. The Morgan fingerprint density at radius 3 is 2.61 bits per heavy atom. The zero-order chi connectivity index (χ0) is 15.6. The highest BCUT2D eigenvalue weighted by molar-refractivity contribution is 6.03. The number of carbonyl (C=O) groups is 1. The van der Waals surface area contributed by atoms with Crippen LogP contribution in [-0.4, -0.2) is 34.1 Å². The molecule has 23 heavy (non-hydrogen) atoms. The Morgan fingerprint density at radius 1 is 1.09 bits per heavy atom. The molecule has 0 atom stereocenters. The van der Waals surface area contributed by atoms with Crippen LogP contribution in [0.2, 0.25) is 0 Å². The van der Waals surface area contributed by atoms with E-state index in [-0.39, 0.29) is 5.91 Å². The maximum absolute atomic E-state index is 12.4. The minimum Gasteiger partial charge on any atom is -0.360 e. The van der Waals surface area contributed by atoms with Crippen LogP contribution in [0.5, 0.6) is 0 Å². The molecule has 1 fully saturated rings. The molecule has 2 aromatic heterocycles. The van der Waals surface area contributed by atoms with Gasteiger partial charge in [-0.2, -0.15) is 0 Å². The summed E-state index contributed by atoms with van der Waals surface area (Å²) in [6.45, 7) is 1.99. The topological polar surface area (TPSA) is 84.2 Å². The van der Waals surface area contributed by atoms with Crippen LogP contribution in [0.4, 0.5) is 11.6 Å². The fourth-order valence-electron chi connectivity index (χ4n) is 3.22. The molecular formula is C16H19N5O2. The highest BCUT2D eigenvalue weighted by atomic mass is 16.5. The van der Waals surface area contributed by atoms with Crippen molar-refractivity contribution in [2.75, 3.05) is 23.3 Å². The number of rotatable bonds is 3. The molecule has 120 valence electrons. The summed E-state index contributed by atoms with van der Waals surface area (Å²) in [5.74, 6) is 1.32. The molecule has 2 aromatic rings. The van der Waals surface area contributed by atoms with Crippen molar-refractivity contribution in [3.8, 4) is 0 Å². The van der Waals surface area contributed by atoms with Crippen LogP contribution in [0.25, 0.3) is 0 Å². The van der Waals surface area contributed by atoms with Crippen molar-refractivity contribution < 1.29 is 9.32 Å². The lowest BCUT2D eigenvalue weighted by molar-refractivity contribution is 0.101. The van der Waals surface area contributed by atoms with E-state index >= 15 is 0 Å². The second-order valence-electron chi connectivity index (χ2n) is 6.06. The Hall–Kier alpha value is -2.44. The van der Waals surface area contributed by atoms with Crippen LogP contribution in [0.3, 0.4) is 0 Å². The number of anilines is 2. The van der Waals surface area contributed by atoms with Crippen LogP contribution >= 0.6 is 0 Å². The lowest BCUT2D eigenvalue weighted by Gasteiger charge is -2.14. The fourth-order valence-corrected chi connectivity index (χ4v) is 3.22. The van der Waals surface area contributed by atoms with E-state index in [1.54, 1.807) is 12.4 Å². The van der Waals surface area contributed by atoms with Crippen molar-refractivity contribution in [2.45, 2.75) is 38.5 Å². The zero-order valence-corrected chi connectivity index (χ0v) is 12.9. The van der Waals surface area contributed by atoms with Crippen LogP contribution in [0, 0.1) is 0 Å². The summed E-state index contributed by atoms with van der Waals surface area (Å²) in [5, 5.41) is 6.75. The molecule has 2 aliphatic rings. The van der Waals surface area contributed by atoms with Gasteiger partial charge in [0.15, 0.2) is 5.69 Å². The summed E-state index contributed by atoms with van der Waals surface area (Å²) >= 11 is 0. The van der Waals surface area contributed by atoms with Crippen LogP contribution in [0.15, 0.2) is 16.9 Å². The molecule has 1 aliphatic heterocycles. The highest BCUT2D eigenvalue weighted by Gasteiger charge is 2.24. The van der Waals surface area contributed by atoms with Crippen molar-refractivity contribution in [3.05, 3.63) is 29.4 Å². The van der Waals surface area contributed by atoms with E-state index in [9.17, 15) is 4.79 Å². The second kappa shape index (κ2) is 5.98. The van der Waals surface area contributed by atoms with Gasteiger partial charge < -0.3 is 14.7 Å². The van der Waals surface area contributed by atoms with Gasteiger partial charge in [0.1, 0.15) is 5.76 Å². The summed E-state index contributed by atoms with van der Waals surface area (Å²) < 4.78 is 5.28. The van der Waals surface area contributed by atoms with Crippen molar-refractivity contribution in [2.24, 2.45) is 0 Å². The Kier molecular flexibility index (Phi) is 3.69. The summed E-state index contributed by atoms with van der Waals surface area (Å²) in [7, 11) is 0. The predicted molar refractivity (Wildman–Crippen MR) is 84.6 cm³/mol. The average molecular weight is 313 g/mol. The van der Waals surface area contributed by atoms with Crippen molar-refractivity contribution >= 4 is 17.5 Å². The molecule has 7 nitrogen and oxygen atoms in total. The van der Waals surface area contributed by atoms with Crippen molar-refractivity contribution in [3.63, 3.8) is 0 Å². The van der Waals surface area contributed by atoms with Gasteiger partial charge in [0, 0.05) is 25.1 Å². The molecule has 7 heteroatoms. The standard InChI is InChI=1S/C16H19N5O2/c22-15(14-12-5-1-2-6-13(12)23-20-14)19-11-9-17-16(18-10-11)21-7-3-4-8-21/h9-10H,1-8H2,(H,19,22). The molecule has 1 saturated heterocycles. The largest absolute Gasteiger partial charge is 0.360 e. The molecule has 1 N–H and O–H groups in total. The van der Waals surface area contributed by atoms with E-state index in [0.717, 1.165) is 56.0 Å². The third-order valence-electron chi connectivity index (χ3n) is 4.45. The van der Waals surface area contributed by atoms with Gasteiger partial charge in [-0.05, 0) is 32.1 Å². The van der Waals surface area contributed by atoms with Gasteiger partial charge in [0.2, 0.25) is 5.95 Å². The number of hydrogen-bond acceptors (Lipinski definition) is 6. The number of aromatic nitrogens is 3. The third-order valence-corrected chi connectivity index (χ3v) is 4.45. The van der Waals surface area contributed by atoms with Crippen LogP contribution in [0.1, 0.15) is 47.5 Å². The quantitative estimate of drug-likeness (QED) is 0.935. The van der Waals surface area contributed by atoms with E-state index in [0.29, 0.717) is 11.4 Å². The minimum atomic E-state index is -0.255. The summed E-state index contributed by atoms with van der Waals surface area (Å²) in [5.41, 5.74) is 1.91. The molecule has 0 saturated carbocycles. The molecule has 0 spiro atoms. The minimum absolute atomic E-state index is 0.255. The molecule has 0 radical (unpaired) electrons. The molecule has 4 rings (SSSR count). The Labute approximate surface area is 134 Å². The molecule has 0 bridgehead atoms. The molecule has 1 aliphatic carbocycles. The lowest BCUT2D eigenvalue weighted by atomic mass is 9.96. The summed E-state index contributed by atoms with van der Waals surface area (Å²) in [4.78, 5) is 23.2. The van der Waals surface area contributed by atoms with Gasteiger partial charge in [0.25, 0.3) is 5.91 Å². The van der Waals surface area contributed by atoms with E-state index in [2.05, 4.69) is 25.3 Å². The average Bonchev–Trinajstić information content (AvgIpc) is 3.25. The molecule has 3 heterocycles. The predicted octanol–water partition coefficient (Wildman–Crippen LogP) is 2.20. The maximum atomic E-state index is 12.4. The number of aryl methyl sites for hydroxylation is 1. The van der Waals surface area contributed by atoms with Crippen molar-refractivity contribution in [1.29, 1.82) is 0 Å². The first kappa shape index (κ1) is 14.2. The van der Waals surface area contributed by atoms with Gasteiger partial charge in [0.05, 0.1) is 18.1 Å². The molecule has 1 amide bonds. The normalized spacial score (nSPS) is 17.1. The SMILES string of the molecule is O=C(Nc1cnc(N2CCCC2)nc1)c1noc2c1CCCC2. The maximum Gasteiger partial charge on any atom is 0.278 e. The fraction of sp³-hybridized carbons (Fsp3) is 0.500. The van der Waals surface area contributed by atoms with E-state index < -0.39 is 0 Å². The van der Waals surface area contributed by atoms with Gasteiger partial charge in [-0.15, -0.1) is 0 Å². The van der Waals surface area contributed by atoms with Gasteiger partial charge in [-0.25, -0.2) is 9.97 Å². The van der Waals surface area contributed by atoms with E-state index in [1.807, 2.05) is 0 Å². The summed E-state index contributed by atoms with van der Waals surface area (Å²) in [6.07, 6.45) is 9.53. The number of hydrogen-bond donors (Lipinski definition) is 1. The van der Waals surface area contributed by atoms with Crippen LogP contribution < -0.4 is 10.2 Å². The van der Waals surface area contributed by atoms with Gasteiger partial charge in [-0.3, -0.25) is 4.79 Å². The van der Waals surface area contributed by atoms with Crippen LogP contribution in [-0.2, 0) is 12.8 Å². The second-order valence-corrected chi connectivity index (χ2v) is 6.06. The highest BCUT2D eigenvalue weighted by Crippen LogP contribution is 2.25. The third kappa shape index (κ3) is 2.78. The number of nitrogens with zero attached hydrogens (tertiary/aromatic N) is 4. The molecule has 0 aromatic carbocycles. The Bertz CT molecular complexity index is 704. The van der Waals surface area contributed by atoms with E-state index in [4.69, 9.17) is 4.52 Å². The number of nitrogens with one attached hydrogen (secondary N) is 1. The van der Waals surface area contributed by atoms with Gasteiger partial charge >= 0.3 is 0 Å². The monoisotopic (exact) mass is 313 g/mol. The smallest absolute Gasteiger partial charge is 0.278 e. The van der Waals surface area contributed by atoms with E-state index in [1.165, 1.54) is 12.8 Å². The van der Waals surface area contributed by atoms with Gasteiger partial charge in [-0.1, -0.05) is 5.16 Å². The van der Waals surface area contributed by atoms with Crippen molar-refractivity contribution in [1.82, 2.24) is 15.1 Å². The molecule has 0 unspecified atom stereocenters. The molecular weight excluding hydrogens is 294 g/mol. The first-order valence-corrected chi connectivity index (χ1v) is 8.17. The Balaban J connectivity index is 1.47. The number of carbonyl (C=O) groups excluding carboxylic acids is 1. The lowest BCUT2D eigenvalue weighted by Crippen LogP contribution is -2.21. The summed E-state index contributed by atoms with van der Waals surface area (Å²) in [6, 6.07) is 0. The first-order valence-electron chi connectivity index (χ1n) is 8.17. The number of fused-ring (bicyclic) bond motifs is 1.